The van der Waals surface area contributed by atoms with Crippen molar-refractivity contribution < 1.29 is 14.3 Å². The van der Waals surface area contributed by atoms with Gasteiger partial charge in [0.05, 0.1) is 20.3 Å². The Hall–Kier alpha value is -1.75. The molecule has 32 heavy (non-hydrogen) atoms. The van der Waals surface area contributed by atoms with Gasteiger partial charge in [-0.3, -0.25) is 14.7 Å². The Morgan fingerprint density at radius 2 is 1.75 bits per heavy atom. The van der Waals surface area contributed by atoms with Gasteiger partial charge in [0.1, 0.15) is 11.5 Å². The number of benzene rings is 1. The van der Waals surface area contributed by atoms with Crippen molar-refractivity contribution in [2.24, 2.45) is 4.99 Å². The van der Waals surface area contributed by atoms with Gasteiger partial charge in [-0.05, 0) is 37.8 Å². The molecular weight excluding hydrogens is 521 g/mol. The van der Waals surface area contributed by atoms with Crippen LogP contribution in [0.5, 0.6) is 11.5 Å². The van der Waals surface area contributed by atoms with Crippen LogP contribution in [0.15, 0.2) is 29.3 Å². The van der Waals surface area contributed by atoms with Crippen LogP contribution in [0.3, 0.4) is 0 Å². The van der Waals surface area contributed by atoms with Crippen molar-refractivity contribution in [3.63, 3.8) is 0 Å². The Kier molecular flexibility index (Phi) is 11.9. The van der Waals surface area contributed by atoms with Crippen LogP contribution in [0.2, 0.25) is 0 Å². The summed E-state index contributed by atoms with van der Waals surface area (Å²) < 4.78 is 11.0. The summed E-state index contributed by atoms with van der Waals surface area (Å²) in [5.74, 6) is 2.82. The molecule has 3 rings (SSSR count). The number of ether oxygens (including phenoxy) is 2. The molecule has 0 saturated carbocycles. The number of piperazine rings is 1. The van der Waals surface area contributed by atoms with E-state index < -0.39 is 0 Å². The van der Waals surface area contributed by atoms with E-state index in [9.17, 15) is 4.79 Å². The van der Waals surface area contributed by atoms with Crippen molar-refractivity contribution in [2.45, 2.75) is 25.7 Å². The topological polar surface area (TPSA) is 69.6 Å². The molecule has 0 aliphatic carbocycles. The average Bonchev–Trinajstić information content (AvgIpc) is 2.83. The average molecular weight is 559 g/mol. The van der Waals surface area contributed by atoms with Gasteiger partial charge < -0.3 is 24.6 Å². The Bertz CT molecular complexity index is 719. The Morgan fingerprint density at radius 1 is 1.03 bits per heavy atom. The quantitative estimate of drug-likeness (QED) is 0.228. The van der Waals surface area contributed by atoms with Gasteiger partial charge in [-0.15, -0.1) is 24.0 Å². The molecule has 180 valence electrons. The minimum absolute atomic E-state index is 0. The summed E-state index contributed by atoms with van der Waals surface area (Å²) in [5.41, 5.74) is 0. The molecule has 0 aromatic heterocycles. The van der Waals surface area contributed by atoms with Crippen LogP contribution >= 0.6 is 24.0 Å². The number of carbonyl (C=O) groups excluding carboxylic acids is 1. The van der Waals surface area contributed by atoms with E-state index in [-0.39, 0.29) is 29.9 Å². The minimum atomic E-state index is 0. The summed E-state index contributed by atoms with van der Waals surface area (Å²) in [6.45, 7) is 7.36. The lowest BCUT2D eigenvalue weighted by molar-refractivity contribution is -0.133. The molecule has 1 aromatic carbocycles. The summed E-state index contributed by atoms with van der Waals surface area (Å²) >= 11 is 0. The first-order chi connectivity index (χ1) is 15.2. The summed E-state index contributed by atoms with van der Waals surface area (Å²) in [5, 5.41) is 3.43. The Balaban J connectivity index is 0.00000363. The predicted molar refractivity (Wildman–Crippen MR) is 138 cm³/mol. The van der Waals surface area contributed by atoms with Crippen LogP contribution in [-0.2, 0) is 4.79 Å². The molecule has 2 saturated heterocycles. The van der Waals surface area contributed by atoms with Gasteiger partial charge in [0, 0.05) is 58.9 Å². The normalized spacial score (nSPS) is 17.5. The number of hydrogen-bond acceptors (Lipinski definition) is 5. The number of nitrogens with one attached hydrogen (secondary N) is 1. The van der Waals surface area contributed by atoms with Gasteiger partial charge in [0.15, 0.2) is 5.96 Å². The van der Waals surface area contributed by atoms with E-state index in [2.05, 4.69) is 20.1 Å². The number of amides is 1. The number of methoxy groups -OCH3 is 1. The monoisotopic (exact) mass is 559 g/mol. The maximum Gasteiger partial charge on any atom is 0.236 e. The standard InChI is InChI=1S/C23H37N5O3.HI/c1-24-23(25-10-7-17-31-21-9-6-8-20(18-21)30-2)28-15-13-26(14-16-28)19-22(29)27-11-4-3-5-12-27;/h6,8-9,18H,3-5,7,10-17,19H2,1-2H3,(H,24,25);1H. The van der Waals surface area contributed by atoms with Crippen molar-refractivity contribution in [3.05, 3.63) is 24.3 Å². The molecular formula is C23H38IN5O3. The largest absolute Gasteiger partial charge is 0.497 e. The van der Waals surface area contributed by atoms with Crippen LogP contribution in [0.1, 0.15) is 25.7 Å². The van der Waals surface area contributed by atoms with Crippen molar-refractivity contribution >= 4 is 35.8 Å². The first-order valence-electron chi connectivity index (χ1n) is 11.4. The molecule has 0 spiro atoms. The van der Waals surface area contributed by atoms with E-state index in [1.54, 1.807) is 7.11 Å². The second-order valence-corrected chi connectivity index (χ2v) is 8.06. The van der Waals surface area contributed by atoms with Crippen molar-refractivity contribution in [1.29, 1.82) is 0 Å². The summed E-state index contributed by atoms with van der Waals surface area (Å²) in [6, 6.07) is 7.65. The van der Waals surface area contributed by atoms with Crippen molar-refractivity contribution in [2.75, 3.05) is 73.1 Å². The molecule has 0 bridgehead atoms. The number of rotatable bonds is 8. The highest BCUT2D eigenvalue weighted by Crippen LogP contribution is 2.18. The number of likely N-dealkylation sites (tertiary alicyclic amines) is 1. The molecule has 0 unspecified atom stereocenters. The van der Waals surface area contributed by atoms with E-state index in [0.717, 1.165) is 82.5 Å². The maximum absolute atomic E-state index is 12.5. The van der Waals surface area contributed by atoms with E-state index in [1.165, 1.54) is 6.42 Å². The van der Waals surface area contributed by atoms with Gasteiger partial charge in [-0.25, -0.2) is 0 Å². The molecule has 2 aliphatic heterocycles. The number of aliphatic imine (C=N–C) groups is 1. The second kappa shape index (κ2) is 14.4. The molecule has 2 aliphatic rings. The molecule has 8 nitrogen and oxygen atoms in total. The fourth-order valence-corrected chi connectivity index (χ4v) is 4.04. The number of carbonyl (C=O) groups is 1. The highest BCUT2D eigenvalue weighted by atomic mass is 127. The van der Waals surface area contributed by atoms with Crippen molar-refractivity contribution in [3.8, 4) is 11.5 Å². The van der Waals surface area contributed by atoms with E-state index >= 15 is 0 Å². The fourth-order valence-electron chi connectivity index (χ4n) is 4.04. The van der Waals surface area contributed by atoms with Crippen LogP contribution in [0.25, 0.3) is 0 Å². The Labute approximate surface area is 209 Å². The summed E-state index contributed by atoms with van der Waals surface area (Å²) in [6.07, 6.45) is 4.42. The third kappa shape index (κ3) is 8.31. The SMILES string of the molecule is CN=C(NCCCOc1cccc(OC)c1)N1CCN(CC(=O)N2CCCCC2)CC1.I. The molecule has 9 heteroatoms. The van der Waals surface area contributed by atoms with E-state index in [0.29, 0.717) is 13.2 Å². The van der Waals surface area contributed by atoms with Crippen molar-refractivity contribution in [1.82, 2.24) is 20.0 Å². The van der Waals surface area contributed by atoms with E-state index in [4.69, 9.17) is 9.47 Å². The summed E-state index contributed by atoms with van der Waals surface area (Å²) in [7, 11) is 3.47. The molecule has 2 heterocycles. The number of halogens is 1. The lowest BCUT2D eigenvalue weighted by atomic mass is 10.1. The highest BCUT2D eigenvalue weighted by Gasteiger charge is 2.23. The van der Waals surface area contributed by atoms with Gasteiger partial charge in [-0.2, -0.15) is 0 Å². The molecule has 1 amide bonds. The first-order valence-corrected chi connectivity index (χ1v) is 11.4. The predicted octanol–water partition coefficient (Wildman–Crippen LogP) is 2.29. The van der Waals surface area contributed by atoms with Crippen LogP contribution in [0.4, 0.5) is 0 Å². The maximum atomic E-state index is 12.5. The zero-order valence-electron chi connectivity index (χ0n) is 19.4. The molecule has 2 fully saturated rings. The molecule has 0 radical (unpaired) electrons. The van der Waals surface area contributed by atoms with Gasteiger partial charge in [0.25, 0.3) is 0 Å². The lowest BCUT2D eigenvalue weighted by Gasteiger charge is -2.37. The van der Waals surface area contributed by atoms with Crippen LogP contribution < -0.4 is 14.8 Å². The number of nitrogens with zero attached hydrogens (tertiary/aromatic N) is 4. The zero-order chi connectivity index (χ0) is 21.9. The van der Waals surface area contributed by atoms with E-state index in [1.807, 2.05) is 36.2 Å². The van der Waals surface area contributed by atoms with Gasteiger partial charge in [0.2, 0.25) is 5.91 Å². The Morgan fingerprint density at radius 3 is 2.44 bits per heavy atom. The fraction of sp³-hybridized carbons (Fsp3) is 0.652. The van der Waals surface area contributed by atoms with Crippen LogP contribution in [-0.4, -0.2) is 99.7 Å². The third-order valence-electron chi connectivity index (χ3n) is 5.87. The molecule has 0 atom stereocenters. The minimum Gasteiger partial charge on any atom is -0.497 e. The number of guanidine groups is 1. The van der Waals surface area contributed by atoms with Gasteiger partial charge >= 0.3 is 0 Å². The first kappa shape index (κ1) is 26.5. The molecule has 1 N–H and O–H groups in total. The number of piperidine rings is 1. The third-order valence-corrected chi connectivity index (χ3v) is 5.87. The number of hydrogen-bond donors (Lipinski definition) is 1. The second-order valence-electron chi connectivity index (χ2n) is 8.06. The summed E-state index contributed by atoms with van der Waals surface area (Å²) in [4.78, 5) is 23.5. The van der Waals surface area contributed by atoms with Crippen LogP contribution in [0, 0.1) is 0 Å². The smallest absolute Gasteiger partial charge is 0.236 e. The van der Waals surface area contributed by atoms with Gasteiger partial charge in [-0.1, -0.05) is 6.07 Å². The zero-order valence-corrected chi connectivity index (χ0v) is 21.8. The lowest BCUT2D eigenvalue weighted by Crippen LogP contribution is -2.54. The molecule has 1 aromatic rings. The highest BCUT2D eigenvalue weighted by molar-refractivity contribution is 14.0.